The lowest BCUT2D eigenvalue weighted by Gasteiger charge is -2.36. The summed E-state index contributed by atoms with van der Waals surface area (Å²) in [7, 11) is 1.04. The molecule has 1 saturated heterocycles. The summed E-state index contributed by atoms with van der Waals surface area (Å²) < 4.78 is 38.7. The molecule has 0 unspecified atom stereocenters. The van der Waals surface area contributed by atoms with E-state index in [1.165, 1.54) is 18.5 Å². The molecule has 28 heavy (non-hydrogen) atoms. The predicted molar refractivity (Wildman–Crippen MR) is 108 cm³/mol. The van der Waals surface area contributed by atoms with Crippen molar-refractivity contribution in [2.24, 2.45) is 0 Å². The maximum absolute atomic E-state index is 13.4. The van der Waals surface area contributed by atoms with Gasteiger partial charge in [-0.3, -0.25) is 9.10 Å². The van der Waals surface area contributed by atoms with Crippen molar-refractivity contribution >= 4 is 27.2 Å². The Labute approximate surface area is 166 Å². The number of sulfonamides is 1. The SMILES string of the molecule is CCN1c2cc(OC)c(OC)cc2C(C)=C(C(=O)N2CCN(C)CC2)S1(=O)=O. The number of benzene rings is 1. The van der Waals surface area contributed by atoms with Crippen molar-refractivity contribution in [1.29, 1.82) is 0 Å². The molecule has 8 nitrogen and oxygen atoms in total. The van der Waals surface area contributed by atoms with Crippen molar-refractivity contribution in [3.05, 3.63) is 22.6 Å². The van der Waals surface area contributed by atoms with Gasteiger partial charge < -0.3 is 19.3 Å². The number of fused-ring (bicyclic) bond motifs is 1. The Balaban J connectivity index is 2.17. The molecule has 2 aliphatic heterocycles. The standard InChI is InChI=1S/C19H27N3O5S/c1-6-22-15-12-17(27-5)16(26-4)11-14(15)13(2)18(28(22,24)25)19(23)21-9-7-20(3)8-10-21/h11-12H,6-10H2,1-5H3. The molecule has 0 saturated carbocycles. The van der Waals surface area contributed by atoms with Crippen LogP contribution >= 0.6 is 0 Å². The van der Waals surface area contributed by atoms with Crippen LogP contribution in [0.1, 0.15) is 19.4 Å². The van der Waals surface area contributed by atoms with Crippen molar-refractivity contribution in [2.75, 3.05) is 58.3 Å². The zero-order chi connectivity index (χ0) is 20.6. The molecule has 9 heteroatoms. The van der Waals surface area contributed by atoms with E-state index in [4.69, 9.17) is 9.47 Å². The maximum atomic E-state index is 13.4. The minimum atomic E-state index is -3.97. The summed E-state index contributed by atoms with van der Waals surface area (Å²) in [4.78, 5) is 16.8. The smallest absolute Gasteiger partial charge is 0.270 e. The Morgan fingerprint density at radius 1 is 1.07 bits per heavy atom. The molecule has 0 bridgehead atoms. The molecule has 1 amide bonds. The fraction of sp³-hybridized carbons (Fsp3) is 0.526. The number of hydrogen-bond donors (Lipinski definition) is 0. The molecule has 1 aromatic carbocycles. The molecule has 2 aliphatic rings. The van der Waals surface area contributed by atoms with Crippen LogP contribution in [-0.2, 0) is 14.8 Å². The summed E-state index contributed by atoms with van der Waals surface area (Å²) in [6.07, 6.45) is 0. The number of likely N-dealkylation sites (N-methyl/N-ethyl adjacent to an activating group) is 1. The second kappa shape index (κ2) is 7.63. The van der Waals surface area contributed by atoms with Gasteiger partial charge in [0.2, 0.25) is 0 Å². The van der Waals surface area contributed by atoms with Crippen LogP contribution in [0.4, 0.5) is 5.69 Å². The van der Waals surface area contributed by atoms with Gasteiger partial charge in [0.25, 0.3) is 15.9 Å². The van der Waals surface area contributed by atoms with Gasteiger partial charge in [-0.2, -0.15) is 0 Å². The van der Waals surface area contributed by atoms with E-state index >= 15 is 0 Å². The molecular weight excluding hydrogens is 382 g/mol. The van der Waals surface area contributed by atoms with Gasteiger partial charge in [0.15, 0.2) is 16.4 Å². The molecule has 0 atom stereocenters. The van der Waals surface area contributed by atoms with Crippen LogP contribution in [0.2, 0.25) is 0 Å². The molecule has 0 spiro atoms. The van der Waals surface area contributed by atoms with Crippen molar-refractivity contribution in [3.8, 4) is 11.5 Å². The summed E-state index contributed by atoms with van der Waals surface area (Å²) in [6.45, 7) is 6.08. The minimum Gasteiger partial charge on any atom is -0.493 e. The van der Waals surface area contributed by atoms with Crippen LogP contribution in [0, 0.1) is 0 Å². The Morgan fingerprint density at radius 3 is 2.18 bits per heavy atom. The summed E-state index contributed by atoms with van der Waals surface area (Å²) in [5, 5.41) is 0. The number of methoxy groups -OCH3 is 2. The summed E-state index contributed by atoms with van der Waals surface area (Å²) in [5.41, 5.74) is 1.59. The third-order valence-electron chi connectivity index (χ3n) is 5.34. The van der Waals surface area contributed by atoms with E-state index in [-0.39, 0.29) is 11.4 Å². The first-order valence-electron chi connectivity index (χ1n) is 9.24. The van der Waals surface area contributed by atoms with Gasteiger partial charge in [-0.1, -0.05) is 0 Å². The van der Waals surface area contributed by atoms with Crippen LogP contribution in [0.5, 0.6) is 11.5 Å². The van der Waals surface area contributed by atoms with Crippen LogP contribution in [-0.4, -0.2) is 78.1 Å². The molecule has 1 aromatic rings. The fourth-order valence-electron chi connectivity index (χ4n) is 3.69. The number of ether oxygens (including phenoxy) is 2. The van der Waals surface area contributed by atoms with Gasteiger partial charge in [0.1, 0.15) is 0 Å². The largest absolute Gasteiger partial charge is 0.493 e. The molecule has 2 heterocycles. The highest BCUT2D eigenvalue weighted by molar-refractivity contribution is 7.97. The van der Waals surface area contributed by atoms with Crippen molar-refractivity contribution < 1.29 is 22.7 Å². The third kappa shape index (κ3) is 3.22. The zero-order valence-corrected chi connectivity index (χ0v) is 17.8. The monoisotopic (exact) mass is 409 g/mol. The lowest BCUT2D eigenvalue weighted by atomic mass is 10.0. The van der Waals surface area contributed by atoms with Gasteiger partial charge in [-0.15, -0.1) is 0 Å². The zero-order valence-electron chi connectivity index (χ0n) is 17.0. The van der Waals surface area contributed by atoms with Crippen molar-refractivity contribution in [1.82, 2.24) is 9.80 Å². The second-order valence-corrected chi connectivity index (χ2v) is 8.74. The van der Waals surface area contributed by atoms with E-state index in [0.717, 1.165) is 13.1 Å². The molecular formula is C19H27N3O5S. The van der Waals surface area contributed by atoms with Gasteiger partial charge in [-0.25, -0.2) is 8.42 Å². The number of amides is 1. The number of nitrogens with zero attached hydrogens (tertiary/aromatic N) is 3. The topological polar surface area (TPSA) is 79.4 Å². The molecule has 0 N–H and O–H groups in total. The first-order valence-corrected chi connectivity index (χ1v) is 10.7. The van der Waals surface area contributed by atoms with Crippen molar-refractivity contribution in [3.63, 3.8) is 0 Å². The van der Waals surface area contributed by atoms with Gasteiger partial charge in [0, 0.05) is 44.4 Å². The molecule has 1 fully saturated rings. The Bertz CT molecular complexity index is 918. The van der Waals surface area contributed by atoms with Crippen LogP contribution in [0.3, 0.4) is 0 Å². The summed E-state index contributed by atoms with van der Waals surface area (Å²) in [5.74, 6) is 0.489. The van der Waals surface area contributed by atoms with Gasteiger partial charge in [0.05, 0.1) is 19.9 Å². The number of anilines is 1. The molecule has 0 aromatic heterocycles. The number of carbonyl (C=O) groups excluding carboxylic acids is 1. The summed E-state index contributed by atoms with van der Waals surface area (Å²) >= 11 is 0. The fourth-order valence-corrected chi connectivity index (χ4v) is 5.51. The first-order chi connectivity index (χ1) is 13.3. The number of hydrogen-bond acceptors (Lipinski definition) is 6. The maximum Gasteiger partial charge on any atom is 0.270 e. The number of allylic oxidation sites excluding steroid dienone is 1. The minimum absolute atomic E-state index is 0.154. The molecule has 0 aliphatic carbocycles. The van der Waals surface area contributed by atoms with E-state index in [0.29, 0.717) is 41.4 Å². The Hall–Kier alpha value is -2.26. The molecule has 0 radical (unpaired) electrons. The molecule has 154 valence electrons. The quantitative estimate of drug-likeness (QED) is 0.748. The normalized spacial score (nSPS) is 19.5. The second-order valence-electron chi connectivity index (χ2n) is 6.94. The van der Waals surface area contributed by atoms with Gasteiger partial charge in [-0.05, 0) is 32.5 Å². The Kier molecular flexibility index (Phi) is 5.58. The van der Waals surface area contributed by atoms with E-state index in [1.54, 1.807) is 30.9 Å². The van der Waals surface area contributed by atoms with Gasteiger partial charge >= 0.3 is 0 Å². The van der Waals surface area contributed by atoms with E-state index in [2.05, 4.69) is 4.90 Å². The Morgan fingerprint density at radius 2 is 1.64 bits per heavy atom. The average molecular weight is 410 g/mol. The van der Waals surface area contributed by atoms with E-state index in [1.807, 2.05) is 7.05 Å². The predicted octanol–water partition coefficient (Wildman–Crippen LogP) is 1.38. The average Bonchev–Trinajstić information content (AvgIpc) is 2.67. The van der Waals surface area contributed by atoms with Crippen LogP contribution in [0.25, 0.3) is 5.57 Å². The highest BCUT2D eigenvalue weighted by atomic mass is 32.2. The highest BCUT2D eigenvalue weighted by Gasteiger charge is 2.41. The molecule has 3 rings (SSSR count). The lowest BCUT2D eigenvalue weighted by Crippen LogP contribution is -2.50. The third-order valence-corrected chi connectivity index (χ3v) is 7.37. The summed E-state index contributed by atoms with van der Waals surface area (Å²) in [6, 6.07) is 3.38. The highest BCUT2D eigenvalue weighted by Crippen LogP contribution is 2.45. The van der Waals surface area contributed by atoms with E-state index in [9.17, 15) is 13.2 Å². The van der Waals surface area contributed by atoms with E-state index < -0.39 is 15.9 Å². The lowest BCUT2D eigenvalue weighted by molar-refractivity contribution is -0.127. The van der Waals surface area contributed by atoms with Crippen molar-refractivity contribution in [2.45, 2.75) is 13.8 Å². The van der Waals surface area contributed by atoms with Crippen LogP contribution in [0.15, 0.2) is 17.0 Å². The van der Waals surface area contributed by atoms with Crippen LogP contribution < -0.4 is 13.8 Å². The number of rotatable bonds is 4. The number of carbonyl (C=O) groups is 1. The number of piperazine rings is 1. The first kappa shape index (κ1) is 20.5.